The zero-order chi connectivity index (χ0) is 15.1. The van der Waals surface area contributed by atoms with Gasteiger partial charge in [0.1, 0.15) is 5.75 Å². The first-order valence-corrected chi connectivity index (χ1v) is 7.66. The van der Waals surface area contributed by atoms with Gasteiger partial charge in [0.15, 0.2) is 0 Å². The van der Waals surface area contributed by atoms with Crippen LogP contribution in [0, 0.1) is 0 Å². The van der Waals surface area contributed by atoms with Crippen molar-refractivity contribution in [2.24, 2.45) is 0 Å². The molecule has 0 spiro atoms. The lowest BCUT2D eigenvalue weighted by Crippen LogP contribution is -2.19. The van der Waals surface area contributed by atoms with Crippen molar-refractivity contribution in [3.63, 3.8) is 0 Å². The maximum absolute atomic E-state index is 5.50. The Hall–Kier alpha value is -1.87. The molecule has 112 valence electrons. The van der Waals surface area contributed by atoms with Gasteiger partial charge in [0, 0.05) is 17.8 Å². The van der Waals surface area contributed by atoms with Gasteiger partial charge in [-0.25, -0.2) is 0 Å². The fourth-order valence-electron chi connectivity index (χ4n) is 2.27. The third-order valence-electron chi connectivity index (χ3n) is 3.47. The van der Waals surface area contributed by atoms with Gasteiger partial charge < -0.3 is 10.1 Å². The molecule has 2 rings (SSSR count). The van der Waals surface area contributed by atoms with E-state index in [1.54, 1.807) is 6.20 Å². The van der Waals surface area contributed by atoms with Gasteiger partial charge in [-0.2, -0.15) is 0 Å². The predicted octanol–water partition coefficient (Wildman–Crippen LogP) is 4.21. The minimum absolute atomic E-state index is 0.381. The largest absolute Gasteiger partial charge is 0.492 e. The van der Waals surface area contributed by atoms with Crippen LogP contribution in [0.2, 0.25) is 0 Å². The number of nitrogens with zero attached hydrogens (tertiary/aromatic N) is 1. The lowest BCUT2D eigenvalue weighted by molar-refractivity contribution is 0.339. The number of ether oxygens (including phenoxy) is 1. The normalized spacial score (nSPS) is 12.1. The van der Waals surface area contributed by atoms with Gasteiger partial charge in [-0.05, 0) is 44.0 Å². The Morgan fingerprint density at radius 3 is 2.52 bits per heavy atom. The average molecular weight is 284 g/mol. The van der Waals surface area contributed by atoms with Crippen LogP contribution >= 0.6 is 0 Å². The van der Waals surface area contributed by atoms with E-state index < -0.39 is 0 Å². The fraction of sp³-hybridized carbons (Fsp3) is 0.389. The van der Waals surface area contributed by atoms with Crippen LogP contribution < -0.4 is 10.1 Å². The quantitative estimate of drug-likeness (QED) is 0.827. The summed E-state index contributed by atoms with van der Waals surface area (Å²) in [6, 6.07) is 11.1. The van der Waals surface area contributed by atoms with Crippen LogP contribution in [0.3, 0.4) is 0 Å². The highest BCUT2D eigenvalue weighted by atomic mass is 16.5. The third-order valence-corrected chi connectivity index (χ3v) is 3.47. The zero-order valence-corrected chi connectivity index (χ0v) is 13.1. The molecule has 0 radical (unpaired) electrons. The summed E-state index contributed by atoms with van der Waals surface area (Å²) in [5.41, 5.74) is 3.55. The summed E-state index contributed by atoms with van der Waals surface area (Å²) in [6.07, 6.45) is 4.77. The number of hydrogen-bond acceptors (Lipinski definition) is 3. The molecular formula is C18H24N2O. The summed E-state index contributed by atoms with van der Waals surface area (Å²) in [5, 5.41) is 3.50. The van der Waals surface area contributed by atoms with Gasteiger partial charge >= 0.3 is 0 Å². The Morgan fingerprint density at radius 2 is 1.86 bits per heavy atom. The highest BCUT2D eigenvalue weighted by Crippen LogP contribution is 2.24. The van der Waals surface area contributed by atoms with Crippen LogP contribution in [0.4, 0.5) is 0 Å². The first-order valence-electron chi connectivity index (χ1n) is 7.66. The van der Waals surface area contributed by atoms with Crippen LogP contribution in [0.1, 0.15) is 38.8 Å². The summed E-state index contributed by atoms with van der Waals surface area (Å²) in [7, 11) is 0. The van der Waals surface area contributed by atoms with E-state index in [-0.39, 0.29) is 0 Å². The van der Waals surface area contributed by atoms with Crippen LogP contribution in [0.15, 0.2) is 42.7 Å². The van der Waals surface area contributed by atoms with E-state index in [1.165, 1.54) is 5.56 Å². The molecule has 3 nitrogen and oxygen atoms in total. The van der Waals surface area contributed by atoms with E-state index in [2.05, 4.69) is 48.4 Å². The van der Waals surface area contributed by atoms with Crippen molar-refractivity contribution in [2.75, 3.05) is 13.2 Å². The highest BCUT2D eigenvalue weighted by Gasteiger charge is 2.05. The van der Waals surface area contributed by atoms with Crippen LogP contribution in [-0.2, 0) is 0 Å². The van der Waals surface area contributed by atoms with Gasteiger partial charge in [-0.3, -0.25) is 4.98 Å². The molecule has 0 amide bonds. The van der Waals surface area contributed by atoms with E-state index >= 15 is 0 Å². The lowest BCUT2D eigenvalue weighted by Gasteiger charge is -2.14. The van der Waals surface area contributed by atoms with E-state index in [1.807, 2.05) is 19.2 Å². The van der Waals surface area contributed by atoms with Crippen LogP contribution in [-0.4, -0.2) is 18.1 Å². The van der Waals surface area contributed by atoms with Crippen molar-refractivity contribution in [2.45, 2.75) is 33.2 Å². The second-order valence-corrected chi connectivity index (χ2v) is 5.14. The topological polar surface area (TPSA) is 34.2 Å². The Morgan fingerprint density at radius 1 is 1.10 bits per heavy atom. The Balaban J connectivity index is 2.13. The Bertz CT molecular complexity index is 551. The van der Waals surface area contributed by atoms with Gasteiger partial charge in [0.05, 0.1) is 12.8 Å². The smallest absolute Gasteiger partial charge is 0.138 e. The number of pyridine rings is 1. The monoisotopic (exact) mass is 284 g/mol. The van der Waals surface area contributed by atoms with E-state index in [4.69, 9.17) is 4.74 Å². The highest BCUT2D eigenvalue weighted by molar-refractivity contribution is 5.64. The van der Waals surface area contributed by atoms with E-state index in [0.29, 0.717) is 12.6 Å². The Labute approximate surface area is 127 Å². The van der Waals surface area contributed by atoms with Gasteiger partial charge in [-0.15, -0.1) is 0 Å². The molecule has 1 unspecified atom stereocenters. The summed E-state index contributed by atoms with van der Waals surface area (Å²) in [4.78, 5) is 4.24. The minimum atomic E-state index is 0.381. The summed E-state index contributed by atoms with van der Waals surface area (Å²) in [6.45, 7) is 8.06. The molecule has 0 bridgehead atoms. The first-order chi connectivity index (χ1) is 10.2. The second kappa shape index (κ2) is 7.79. The molecule has 2 aromatic rings. The summed E-state index contributed by atoms with van der Waals surface area (Å²) >= 11 is 0. The fourth-order valence-corrected chi connectivity index (χ4v) is 2.27. The standard InChI is InChI=1S/C18H24N2O/c1-4-10-20-14(3)15-6-8-16(9-7-15)17-11-18(21-5-2)13-19-12-17/h6-9,11-14,20H,4-5,10H2,1-3H3. The van der Waals surface area contributed by atoms with Crippen molar-refractivity contribution < 1.29 is 4.74 Å². The summed E-state index contributed by atoms with van der Waals surface area (Å²) < 4.78 is 5.50. The average Bonchev–Trinajstić information content (AvgIpc) is 2.53. The molecule has 3 heteroatoms. The minimum Gasteiger partial charge on any atom is -0.492 e. The van der Waals surface area contributed by atoms with Crippen molar-refractivity contribution in [3.8, 4) is 16.9 Å². The van der Waals surface area contributed by atoms with Crippen molar-refractivity contribution >= 4 is 0 Å². The van der Waals surface area contributed by atoms with E-state index in [9.17, 15) is 0 Å². The van der Waals surface area contributed by atoms with E-state index in [0.717, 1.165) is 29.8 Å². The SMILES string of the molecule is CCCNC(C)c1ccc(-c2cncc(OCC)c2)cc1. The molecule has 0 aliphatic rings. The number of hydrogen-bond donors (Lipinski definition) is 1. The second-order valence-electron chi connectivity index (χ2n) is 5.14. The van der Waals surface area contributed by atoms with Gasteiger partial charge in [0.25, 0.3) is 0 Å². The molecule has 21 heavy (non-hydrogen) atoms. The van der Waals surface area contributed by atoms with Crippen molar-refractivity contribution in [1.29, 1.82) is 0 Å². The summed E-state index contributed by atoms with van der Waals surface area (Å²) in [5.74, 6) is 0.817. The molecule has 1 atom stereocenters. The predicted molar refractivity (Wildman–Crippen MR) is 87.6 cm³/mol. The number of benzene rings is 1. The van der Waals surface area contributed by atoms with Crippen molar-refractivity contribution in [1.82, 2.24) is 10.3 Å². The van der Waals surface area contributed by atoms with Gasteiger partial charge in [-0.1, -0.05) is 31.2 Å². The Kier molecular flexibility index (Phi) is 5.76. The number of aromatic nitrogens is 1. The number of nitrogens with one attached hydrogen (secondary N) is 1. The molecule has 0 aliphatic heterocycles. The maximum Gasteiger partial charge on any atom is 0.138 e. The molecule has 0 aliphatic carbocycles. The number of rotatable bonds is 7. The lowest BCUT2D eigenvalue weighted by atomic mass is 10.0. The molecule has 1 aromatic carbocycles. The van der Waals surface area contributed by atoms with Crippen LogP contribution in [0.25, 0.3) is 11.1 Å². The molecule has 0 fully saturated rings. The molecule has 1 aromatic heterocycles. The molecule has 1 heterocycles. The zero-order valence-electron chi connectivity index (χ0n) is 13.1. The molecule has 0 saturated heterocycles. The molecular weight excluding hydrogens is 260 g/mol. The van der Waals surface area contributed by atoms with Crippen molar-refractivity contribution in [3.05, 3.63) is 48.3 Å². The third kappa shape index (κ3) is 4.30. The maximum atomic E-state index is 5.50. The van der Waals surface area contributed by atoms with Gasteiger partial charge in [0.2, 0.25) is 0 Å². The molecule has 1 N–H and O–H groups in total. The molecule has 0 saturated carbocycles. The first kappa shape index (κ1) is 15.5. The van der Waals surface area contributed by atoms with Crippen LogP contribution in [0.5, 0.6) is 5.75 Å².